The van der Waals surface area contributed by atoms with E-state index < -0.39 is 17.9 Å². The van der Waals surface area contributed by atoms with E-state index >= 15 is 0 Å². The zero-order valence-electron chi connectivity index (χ0n) is 18.6. The number of carbonyl (C=O) groups excluding carboxylic acids is 3. The second-order valence-electron chi connectivity index (χ2n) is 8.14. The highest BCUT2D eigenvalue weighted by molar-refractivity contribution is 7.10. The zero-order valence-corrected chi connectivity index (χ0v) is 20.2. The number of nitrogens with zero attached hydrogens (tertiary/aromatic N) is 2. The Morgan fingerprint density at radius 3 is 2.48 bits per heavy atom. The summed E-state index contributed by atoms with van der Waals surface area (Å²) < 4.78 is 5.49. The molecule has 0 aliphatic carbocycles. The van der Waals surface area contributed by atoms with Crippen LogP contribution < -0.4 is 4.90 Å². The van der Waals surface area contributed by atoms with Crippen LogP contribution in [0.3, 0.4) is 0 Å². The van der Waals surface area contributed by atoms with Crippen molar-refractivity contribution in [1.82, 2.24) is 4.90 Å². The van der Waals surface area contributed by atoms with Crippen LogP contribution in [0.2, 0.25) is 0 Å². The lowest BCUT2D eigenvalue weighted by Crippen LogP contribution is -2.46. The van der Waals surface area contributed by atoms with Crippen molar-refractivity contribution in [2.24, 2.45) is 5.92 Å². The van der Waals surface area contributed by atoms with Crippen LogP contribution in [0.4, 0.5) is 5.69 Å². The second kappa shape index (κ2) is 10.3. The van der Waals surface area contributed by atoms with Crippen LogP contribution in [0.5, 0.6) is 0 Å². The molecule has 0 N–H and O–H groups in total. The maximum absolute atomic E-state index is 13.2. The van der Waals surface area contributed by atoms with Gasteiger partial charge in [0.05, 0.1) is 18.5 Å². The molecule has 0 spiro atoms. The maximum Gasteiger partial charge on any atom is 0.311 e. The number of amides is 2. The molecule has 1 aliphatic heterocycles. The highest BCUT2D eigenvalue weighted by Gasteiger charge is 2.43. The summed E-state index contributed by atoms with van der Waals surface area (Å²) >= 11 is 3.09. The Hall–Kier alpha value is -2.97. The number of aryl methyl sites for hydroxylation is 1. The number of carbonyl (C=O) groups is 3. The molecule has 3 heterocycles. The fraction of sp³-hybridized carbons (Fsp3) is 0.320. The highest BCUT2D eigenvalue weighted by atomic mass is 32.1. The van der Waals surface area contributed by atoms with Crippen molar-refractivity contribution >= 4 is 46.1 Å². The van der Waals surface area contributed by atoms with E-state index in [4.69, 9.17) is 4.74 Å². The fourth-order valence-electron chi connectivity index (χ4n) is 4.01. The van der Waals surface area contributed by atoms with Crippen LogP contribution in [0.1, 0.15) is 34.2 Å². The predicted molar refractivity (Wildman–Crippen MR) is 130 cm³/mol. The highest BCUT2D eigenvalue weighted by Crippen LogP contribution is 2.42. The number of hydrogen-bond acceptors (Lipinski definition) is 6. The second-order valence-corrected chi connectivity index (χ2v) is 10.2. The van der Waals surface area contributed by atoms with Gasteiger partial charge in [-0.3, -0.25) is 14.4 Å². The first-order valence-electron chi connectivity index (χ1n) is 10.8. The molecule has 2 unspecified atom stereocenters. The molecule has 172 valence electrons. The van der Waals surface area contributed by atoms with Crippen molar-refractivity contribution < 1.29 is 19.1 Å². The Bertz CT molecular complexity index is 1090. The van der Waals surface area contributed by atoms with Crippen molar-refractivity contribution in [2.75, 3.05) is 18.6 Å². The first-order valence-corrected chi connectivity index (χ1v) is 12.5. The van der Waals surface area contributed by atoms with Crippen molar-refractivity contribution in [3.63, 3.8) is 0 Å². The number of hydrogen-bond donors (Lipinski definition) is 0. The zero-order chi connectivity index (χ0) is 23.4. The minimum atomic E-state index is -0.543. The van der Waals surface area contributed by atoms with E-state index in [2.05, 4.69) is 0 Å². The van der Waals surface area contributed by atoms with Crippen LogP contribution in [-0.4, -0.2) is 36.3 Å². The standard InChI is InChI=1S/C25H26N2O4S2/c1-17-7-9-18(10-8-17)27-22(28)12-11-20(24(27)21-6-4-14-33-21)25(30)31-16-23(29)26(2)15-19-5-3-13-32-19/h3-10,13-14,20,24H,11-12,15-16H2,1-2H3. The summed E-state index contributed by atoms with van der Waals surface area (Å²) in [6.07, 6.45) is 0.642. The number of ether oxygens (including phenoxy) is 1. The van der Waals surface area contributed by atoms with Gasteiger partial charge >= 0.3 is 5.97 Å². The molecule has 1 aromatic carbocycles. The maximum atomic E-state index is 13.2. The lowest BCUT2D eigenvalue weighted by atomic mass is 9.87. The molecular formula is C25H26N2O4S2. The van der Waals surface area contributed by atoms with Crippen LogP contribution in [-0.2, 0) is 25.7 Å². The van der Waals surface area contributed by atoms with Gasteiger partial charge in [0.1, 0.15) is 0 Å². The molecule has 1 aliphatic rings. The predicted octanol–water partition coefficient (Wildman–Crippen LogP) is 4.80. The largest absolute Gasteiger partial charge is 0.455 e. The summed E-state index contributed by atoms with van der Waals surface area (Å²) in [5.74, 6) is -1.27. The number of rotatable bonds is 7. The van der Waals surface area contributed by atoms with E-state index in [0.717, 1.165) is 21.0 Å². The van der Waals surface area contributed by atoms with Gasteiger partial charge in [-0.1, -0.05) is 29.8 Å². The lowest BCUT2D eigenvalue weighted by Gasteiger charge is -2.39. The first-order chi connectivity index (χ1) is 15.9. The molecule has 2 aromatic heterocycles. The summed E-state index contributed by atoms with van der Waals surface area (Å²) in [5, 5.41) is 3.90. The third kappa shape index (κ3) is 5.34. The number of benzene rings is 1. The van der Waals surface area contributed by atoms with E-state index in [-0.39, 0.29) is 24.8 Å². The van der Waals surface area contributed by atoms with E-state index in [1.165, 1.54) is 11.3 Å². The molecule has 8 heteroatoms. The first kappa shape index (κ1) is 23.2. The summed E-state index contributed by atoms with van der Waals surface area (Å²) in [4.78, 5) is 43.9. The number of likely N-dealkylation sites (N-methyl/N-ethyl adjacent to an activating group) is 1. The minimum absolute atomic E-state index is 0.0203. The number of thiophene rings is 2. The molecule has 1 saturated heterocycles. The Morgan fingerprint density at radius 1 is 1.09 bits per heavy atom. The van der Waals surface area contributed by atoms with Gasteiger partial charge in [-0.05, 0) is 48.4 Å². The minimum Gasteiger partial charge on any atom is -0.455 e. The quantitative estimate of drug-likeness (QED) is 0.454. The topological polar surface area (TPSA) is 66.9 Å². The molecule has 0 saturated carbocycles. The van der Waals surface area contributed by atoms with Gasteiger partial charge in [0.15, 0.2) is 6.61 Å². The van der Waals surface area contributed by atoms with Crippen molar-refractivity contribution in [3.8, 4) is 0 Å². The summed E-state index contributed by atoms with van der Waals surface area (Å²) in [6.45, 7) is 2.16. The molecule has 33 heavy (non-hydrogen) atoms. The molecule has 1 fully saturated rings. The smallest absolute Gasteiger partial charge is 0.311 e. The van der Waals surface area contributed by atoms with Crippen LogP contribution >= 0.6 is 22.7 Å². The lowest BCUT2D eigenvalue weighted by molar-refractivity contribution is -0.157. The van der Waals surface area contributed by atoms with Gasteiger partial charge in [-0.2, -0.15) is 0 Å². The normalized spacial score (nSPS) is 18.2. The Kier molecular flexibility index (Phi) is 7.25. The van der Waals surface area contributed by atoms with Gasteiger partial charge in [0.2, 0.25) is 5.91 Å². The van der Waals surface area contributed by atoms with E-state index in [1.54, 1.807) is 28.2 Å². The molecule has 2 amide bonds. The average Bonchev–Trinajstić information content (AvgIpc) is 3.52. The van der Waals surface area contributed by atoms with Crippen molar-refractivity contribution in [2.45, 2.75) is 32.4 Å². The molecule has 3 aromatic rings. The summed E-state index contributed by atoms with van der Waals surface area (Å²) in [7, 11) is 1.70. The number of esters is 1. The Labute approximate surface area is 201 Å². The average molecular weight is 483 g/mol. The van der Waals surface area contributed by atoms with Gasteiger partial charge in [0.25, 0.3) is 5.91 Å². The summed E-state index contributed by atoms with van der Waals surface area (Å²) in [6, 6.07) is 15.0. The van der Waals surface area contributed by atoms with Gasteiger partial charge in [-0.15, -0.1) is 22.7 Å². The summed E-state index contributed by atoms with van der Waals surface area (Å²) in [5.41, 5.74) is 1.85. The molecule has 2 atom stereocenters. The molecule has 4 rings (SSSR count). The third-order valence-electron chi connectivity index (χ3n) is 5.78. The van der Waals surface area contributed by atoms with E-state index in [9.17, 15) is 14.4 Å². The van der Waals surface area contributed by atoms with Crippen LogP contribution in [0, 0.1) is 12.8 Å². The number of anilines is 1. The Morgan fingerprint density at radius 2 is 1.82 bits per heavy atom. The number of piperidine rings is 1. The van der Waals surface area contributed by atoms with E-state index in [0.29, 0.717) is 13.0 Å². The van der Waals surface area contributed by atoms with Gasteiger partial charge in [-0.25, -0.2) is 0 Å². The van der Waals surface area contributed by atoms with E-state index in [1.807, 2.05) is 66.2 Å². The van der Waals surface area contributed by atoms with Gasteiger partial charge < -0.3 is 14.5 Å². The monoisotopic (exact) mass is 482 g/mol. The van der Waals surface area contributed by atoms with Crippen LogP contribution in [0.15, 0.2) is 59.3 Å². The molecule has 0 radical (unpaired) electrons. The molecular weight excluding hydrogens is 456 g/mol. The van der Waals surface area contributed by atoms with Crippen molar-refractivity contribution in [3.05, 3.63) is 74.6 Å². The van der Waals surface area contributed by atoms with Crippen LogP contribution in [0.25, 0.3) is 0 Å². The SMILES string of the molecule is Cc1ccc(N2C(=O)CCC(C(=O)OCC(=O)N(C)Cc3cccs3)C2c2cccs2)cc1. The fourth-order valence-corrected chi connectivity index (χ4v) is 5.65. The molecule has 6 nitrogen and oxygen atoms in total. The Balaban J connectivity index is 1.50. The third-order valence-corrected chi connectivity index (χ3v) is 7.59. The molecule has 0 bridgehead atoms. The van der Waals surface area contributed by atoms with Gasteiger partial charge in [0, 0.05) is 28.9 Å². The van der Waals surface area contributed by atoms with Crippen molar-refractivity contribution in [1.29, 1.82) is 0 Å².